The maximum Gasteiger partial charge on any atom is 0.205 e. The molecule has 0 aromatic heterocycles. The number of rotatable bonds is 3. The molecule has 0 unspecified atom stereocenters. The molecule has 2 aromatic rings. The van der Waals surface area contributed by atoms with Gasteiger partial charge >= 0.3 is 0 Å². The van der Waals surface area contributed by atoms with Crippen molar-refractivity contribution in [3.8, 4) is 0 Å². The third-order valence-corrected chi connectivity index (χ3v) is 5.12. The Balaban J connectivity index is 1.89. The van der Waals surface area contributed by atoms with Gasteiger partial charge in [0, 0.05) is 26.2 Å². The van der Waals surface area contributed by atoms with E-state index < -0.39 is 5.79 Å². The Kier molecular flexibility index (Phi) is 5.03. The van der Waals surface area contributed by atoms with Crippen molar-refractivity contribution in [1.29, 1.82) is 0 Å². The normalized spacial score (nSPS) is 24.6. The van der Waals surface area contributed by atoms with Crippen LogP contribution >= 0.6 is 50.7 Å². The Morgan fingerprint density at radius 1 is 1.05 bits per heavy atom. The van der Waals surface area contributed by atoms with Crippen molar-refractivity contribution in [2.24, 2.45) is 0 Å². The number of ether oxygens (including phenoxy) is 2. The van der Waals surface area contributed by atoms with Crippen LogP contribution in [0, 0.1) is 0 Å². The second-order valence-electron chi connectivity index (χ2n) is 4.98. The maximum atomic E-state index is 6.26. The van der Waals surface area contributed by atoms with Gasteiger partial charge in [-0.2, -0.15) is 0 Å². The number of benzene rings is 2. The van der Waals surface area contributed by atoms with E-state index in [1.54, 1.807) is 12.1 Å². The maximum absolute atomic E-state index is 6.26. The van der Waals surface area contributed by atoms with Crippen LogP contribution in [0.4, 0.5) is 0 Å². The number of hydrogen-bond donors (Lipinski definition) is 0. The monoisotopic (exact) mass is 420 g/mol. The molecule has 116 valence electrons. The molecule has 22 heavy (non-hydrogen) atoms. The van der Waals surface area contributed by atoms with Crippen molar-refractivity contribution in [1.82, 2.24) is 0 Å². The lowest BCUT2D eigenvalue weighted by molar-refractivity contribution is -0.157. The Morgan fingerprint density at radius 3 is 2.36 bits per heavy atom. The summed E-state index contributed by atoms with van der Waals surface area (Å²) in [6, 6.07) is 12.8. The molecule has 1 fully saturated rings. The van der Waals surface area contributed by atoms with E-state index in [0.29, 0.717) is 27.0 Å². The lowest BCUT2D eigenvalue weighted by Crippen LogP contribution is -2.29. The van der Waals surface area contributed by atoms with E-state index in [1.165, 1.54) is 0 Å². The summed E-state index contributed by atoms with van der Waals surface area (Å²) in [5.74, 6) is -0.849. The van der Waals surface area contributed by atoms with Gasteiger partial charge in [-0.15, -0.1) is 0 Å². The molecule has 1 aliphatic heterocycles. The topological polar surface area (TPSA) is 18.5 Å². The molecule has 2 atom stereocenters. The molecule has 0 N–H and O–H groups in total. The van der Waals surface area contributed by atoms with Gasteiger partial charge in [-0.25, -0.2) is 0 Å². The van der Waals surface area contributed by atoms with Crippen LogP contribution in [-0.4, -0.2) is 11.9 Å². The third-order valence-electron chi connectivity index (χ3n) is 3.57. The molecule has 2 nitrogen and oxygen atoms in total. The van der Waals surface area contributed by atoms with E-state index >= 15 is 0 Å². The second kappa shape index (κ2) is 6.68. The van der Waals surface area contributed by atoms with Crippen LogP contribution in [-0.2, 0) is 15.3 Å². The van der Waals surface area contributed by atoms with Crippen molar-refractivity contribution >= 4 is 50.7 Å². The highest BCUT2D eigenvalue weighted by Crippen LogP contribution is 2.43. The predicted octanol–water partition coefficient (Wildman–Crippen LogP) is 5.98. The smallest absolute Gasteiger partial charge is 0.205 e. The minimum Gasteiger partial charge on any atom is -0.342 e. The fraction of sp³-hybridized carbons (Fsp3) is 0.250. The number of alkyl halides is 1. The van der Waals surface area contributed by atoms with Gasteiger partial charge in [-0.3, -0.25) is 0 Å². The van der Waals surface area contributed by atoms with Crippen molar-refractivity contribution in [2.75, 3.05) is 11.9 Å². The fourth-order valence-electron chi connectivity index (χ4n) is 2.43. The van der Waals surface area contributed by atoms with Crippen LogP contribution in [0.25, 0.3) is 0 Å². The highest BCUT2D eigenvalue weighted by atomic mass is 79.9. The van der Waals surface area contributed by atoms with Gasteiger partial charge in [0.25, 0.3) is 0 Å². The lowest BCUT2D eigenvalue weighted by atomic mass is 10.1. The Hall–Kier alpha value is -0.290. The first-order chi connectivity index (χ1) is 10.5. The summed E-state index contributed by atoms with van der Waals surface area (Å²) >= 11 is 21.6. The Labute approximate surface area is 152 Å². The molecular weight excluding hydrogens is 410 g/mol. The van der Waals surface area contributed by atoms with Crippen LogP contribution in [0.3, 0.4) is 0 Å². The van der Waals surface area contributed by atoms with Crippen LogP contribution in [0.2, 0.25) is 15.1 Å². The summed E-state index contributed by atoms with van der Waals surface area (Å²) in [7, 11) is 0. The number of halogens is 4. The highest BCUT2D eigenvalue weighted by Gasteiger charge is 2.43. The second-order valence-corrected chi connectivity index (χ2v) is 6.82. The summed E-state index contributed by atoms with van der Waals surface area (Å²) < 4.78 is 12.2. The molecule has 1 aliphatic rings. The van der Waals surface area contributed by atoms with Gasteiger partial charge in [-0.1, -0.05) is 68.9 Å². The summed E-state index contributed by atoms with van der Waals surface area (Å²) in [6.07, 6.45) is -0.252. The van der Waals surface area contributed by atoms with Crippen molar-refractivity contribution in [2.45, 2.75) is 11.9 Å². The molecular formula is C16H12BrCl3O2. The van der Waals surface area contributed by atoms with Crippen LogP contribution in [0.1, 0.15) is 17.2 Å². The zero-order chi connectivity index (χ0) is 15.7. The van der Waals surface area contributed by atoms with Gasteiger partial charge in [0.2, 0.25) is 5.79 Å². The molecule has 2 aromatic carbocycles. The first-order valence-electron chi connectivity index (χ1n) is 6.63. The van der Waals surface area contributed by atoms with E-state index in [-0.39, 0.29) is 6.10 Å². The Morgan fingerprint density at radius 2 is 1.73 bits per heavy atom. The first kappa shape index (κ1) is 16.6. The van der Waals surface area contributed by atoms with Gasteiger partial charge in [0.05, 0.1) is 11.9 Å². The fourth-order valence-corrected chi connectivity index (χ4v) is 3.70. The largest absolute Gasteiger partial charge is 0.342 e. The minimum atomic E-state index is -0.849. The van der Waals surface area contributed by atoms with Gasteiger partial charge in [0.1, 0.15) is 6.10 Å². The van der Waals surface area contributed by atoms with E-state index in [9.17, 15) is 0 Å². The van der Waals surface area contributed by atoms with Crippen LogP contribution < -0.4 is 0 Å². The van der Waals surface area contributed by atoms with Crippen LogP contribution in [0.5, 0.6) is 0 Å². The van der Waals surface area contributed by atoms with Gasteiger partial charge in [-0.05, 0) is 24.3 Å². The molecule has 0 aliphatic carbocycles. The summed E-state index contributed by atoms with van der Waals surface area (Å²) in [4.78, 5) is 0. The molecule has 1 heterocycles. The quantitative estimate of drug-likeness (QED) is 0.566. The first-order valence-corrected chi connectivity index (χ1v) is 8.88. The predicted molar refractivity (Wildman–Crippen MR) is 93.2 cm³/mol. The molecule has 0 spiro atoms. The molecule has 6 heteroatoms. The molecule has 1 saturated heterocycles. The molecule has 3 rings (SSSR count). The molecule has 0 bridgehead atoms. The zero-order valence-electron chi connectivity index (χ0n) is 11.4. The van der Waals surface area contributed by atoms with Gasteiger partial charge < -0.3 is 9.47 Å². The SMILES string of the molecule is Clc1ccc([C@]2(CBr)OC[C@H](c3ccc(Cl)cc3Cl)O2)cc1. The van der Waals surface area contributed by atoms with E-state index in [1.807, 2.05) is 30.3 Å². The standard InChI is InChI=1S/C16H12BrCl3O2/c17-9-16(10-1-3-11(18)4-2-10)21-8-15(22-16)13-6-5-12(19)7-14(13)20/h1-7,15H,8-9H2/t15-,16-/m1/s1. The summed E-state index contributed by atoms with van der Waals surface area (Å²) in [5.41, 5.74) is 1.77. The zero-order valence-corrected chi connectivity index (χ0v) is 15.2. The molecule has 0 amide bonds. The molecule has 0 radical (unpaired) electrons. The highest BCUT2D eigenvalue weighted by molar-refractivity contribution is 9.09. The van der Waals surface area contributed by atoms with Crippen LogP contribution in [0.15, 0.2) is 42.5 Å². The van der Waals surface area contributed by atoms with E-state index in [4.69, 9.17) is 44.3 Å². The van der Waals surface area contributed by atoms with E-state index in [0.717, 1.165) is 11.1 Å². The molecule has 0 saturated carbocycles. The average molecular weight is 423 g/mol. The number of hydrogen-bond acceptors (Lipinski definition) is 2. The van der Waals surface area contributed by atoms with Crippen molar-refractivity contribution < 1.29 is 9.47 Å². The summed E-state index contributed by atoms with van der Waals surface area (Å²) in [6.45, 7) is 0.412. The van der Waals surface area contributed by atoms with Crippen molar-refractivity contribution in [3.63, 3.8) is 0 Å². The lowest BCUT2D eigenvalue weighted by Gasteiger charge is -2.26. The van der Waals surface area contributed by atoms with Crippen molar-refractivity contribution in [3.05, 3.63) is 68.7 Å². The van der Waals surface area contributed by atoms with Gasteiger partial charge in [0.15, 0.2) is 0 Å². The Bertz CT molecular complexity index is 678. The summed E-state index contributed by atoms with van der Waals surface area (Å²) in [5, 5.41) is 2.34. The average Bonchev–Trinajstić information content (AvgIpc) is 2.93. The minimum absolute atomic E-state index is 0.252. The third kappa shape index (κ3) is 3.16. The van der Waals surface area contributed by atoms with E-state index in [2.05, 4.69) is 15.9 Å².